The molecule has 9 nitrogen and oxygen atoms in total. The molecule has 0 aliphatic rings. The van der Waals surface area contributed by atoms with Gasteiger partial charge in [0, 0.05) is 27.7 Å². The molecule has 0 heterocycles. The van der Waals surface area contributed by atoms with Crippen molar-refractivity contribution in [3.63, 3.8) is 0 Å². The van der Waals surface area contributed by atoms with Crippen LogP contribution in [0.2, 0.25) is 0 Å². The van der Waals surface area contributed by atoms with E-state index >= 15 is 0 Å². The molecule has 21 heavy (non-hydrogen) atoms. The topological polar surface area (TPSA) is 166 Å². The number of rotatable bonds is 1. The summed E-state index contributed by atoms with van der Waals surface area (Å²) in [5.74, 6) is -3.33. The van der Waals surface area contributed by atoms with Crippen LogP contribution in [0.15, 0.2) is 12.7 Å². The van der Waals surface area contributed by atoms with Crippen LogP contribution in [0, 0.1) is 0 Å². The maximum Gasteiger partial charge on any atom is 0.300 e. The first kappa shape index (κ1) is 31.1. The number of allylic oxidation sites excluding steroid dienone is 1. The largest absolute Gasteiger partial charge is 0.481 e. The van der Waals surface area contributed by atoms with Gasteiger partial charge in [-0.2, -0.15) is 0 Å². The molecule has 10 heteroatoms. The summed E-state index contributed by atoms with van der Waals surface area (Å²) in [4.78, 5) is 45.5. The molecular weight excluding hydrogens is 312 g/mol. The molecule has 0 saturated heterocycles. The van der Waals surface area contributed by atoms with Gasteiger partial charge in [-0.3, -0.25) is 24.0 Å². The summed E-state index contributed by atoms with van der Waals surface area (Å²) in [6.07, 6.45) is 1.04. The summed E-state index contributed by atoms with van der Waals surface area (Å²) in [5, 5.41) is 29.2. The van der Waals surface area contributed by atoms with E-state index in [-0.39, 0.29) is 0 Å². The third kappa shape index (κ3) is 24200. The van der Waals surface area contributed by atoms with Gasteiger partial charge in [-0.1, -0.05) is 6.58 Å². The van der Waals surface area contributed by atoms with Crippen molar-refractivity contribution in [2.45, 2.75) is 27.7 Å². The van der Waals surface area contributed by atoms with E-state index in [1.807, 2.05) is 0 Å². The van der Waals surface area contributed by atoms with Crippen LogP contribution in [-0.4, -0.2) is 49.5 Å². The summed E-state index contributed by atoms with van der Waals surface area (Å²) in [5.41, 5.74) is 0. The SMILES string of the molecule is C=CC(=O)Cl.CC(=O)O.CC(=O)O.CC(=O)O.CC(=O)O. The first-order valence-electron chi connectivity index (χ1n) is 4.80. The molecule has 0 atom stereocenters. The van der Waals surface area contributed by atoms with Gasteiger partial charge < -0.3 is 20.4 Å². The molecule has 0 amide bonds. The molecule has 0 bridgehead atoms. The maximum absolute atomic E-state index is 9.46. The monoisotopic (exact) mass is 330 g/mol. The zero-order valence-corrected chi connectivity index (χ0v) is 12.7. The minimum atomic E-state index is -0.833. The highest BCUT2D eigenvalue weighted by Gasteiger charge is 1.74. The van der Waals surface area contributed by atoms with Crippen molar-refractivity contribution in [2.75, 3.05) is 0 Å². The number of halogens is 1. The first-order valence-corrected chi connectivity index (χ1v) is 5.18. The van der Waals surface area contributed by atoms with Gasteiger partial charge in [-0.15, -0.1) is 0 Å². The fourth-order valence-electron chi connectivity index (χ4n) is 0. The summed E-state index contributed by atoms with van der Waals surface area (Å²) >= 11 is 4.71. The van der Waals surface area contributed by atoms with Crippen molar-refractivity contribution < 1.29 is 44.4 Å². The highest BCUT2D eigenvalue weighted by atomic mass is 35.5. The van der Waals surface area contributed by atoms with Gasteiger partial charge in [0.05, 0.1) is 0 Å². The highest BCUT2D eigenvalue weighted by Crippen LogP contribution is 1.74. The summed E-state index contributed by atoms with van der Waals surface area (Å²) in [6.45, 7) is 7.41. The third-order valence-electron chi connectivity index (χ3n) is 0.160. The van der Waals surface area contributed by atoms with Gasteiger partial charge in [0.15, 0.2) is 0 Å². The average Bonchev–Trinajstić information content (AvgIpc) is 2.13. The van der Waals surface area contributed by atoms with Crippen LogP contribution in [0.3, 0.4) is 0 Å². The predicted molar refractivity (Wildman–Crippen MR) is 74.3 cm³/mol. The van der Waals surface area contributed by atoms with Gasteiger partial charge in [0.1, 0.15) is 0 Å². The second-order valence-corrected chi connectivity index (χ2v) is 2.96. The first-order chi connectivity index (χ1) is 9.20. The standard InChI is InChI=1S/C3H3ClO.4C2H4O2/c1-2-3(4)5;4*1-2(3)4/h2H,1H2;4*1H3,(H,3,4). The molecule has 0 aromatic heterocycles. The number of carbonyl (C=O) groups is 5. The Hall–Kier alpha value is -2.42. The molecule has 0 aliphatic carbocycles. The second-order valence-electron chi connectivity index (χ2n) is 2.58. The van der Waals surface area contributed by atoms with E-state index in [4.69, 9.17) is 51.2 Å². The van der Waals surface area contributed by atoms with Gasteiger partial charge >= 0.3 is 0 Å². The number of aliphatic carboxylic acids is 4. The Balaban J connectivity index is -0.0000000510. The van der Waals surface area contributed by atoms with Crippen molar-refractivity contribution in [3.05, 3.63) is 12.7 Å². The Bertz CT molecular complexity index is 273. The van der Waals surface area contributed by atoms with Crippen LogP contribution in [-0.2, 0) is 24.0 Å². The van der Waals surface area contributed by atoms with Gasteiger partial charge in [-0.25, -0.2) is 0 Å². The normalized spacial score (nSPS) is 6.33. The molecule has 0 rings (SSSR count). The van der Waals surface area contributed by atoms with E-state index in [0.717, 1.165) is 33.8 Å². The molecular formula is C11H19ClO9. The predicted octanol–water partition coefficient (Wildman–Crippen LogP) is 1.30. The van der Waals surface area contributed by atoms with Crippen molar-refractivity contribution in [1.82, 2.24) is 0 Å². The minimum Gasteiger partial charge on any atom is -0.481 e. The number of carboxylic acids is 4. The van der Waals surface area contributed by atoms with Crippen molar-refractivity contribution in [2.24, 2.45) is 0 Å². The van der Waals surface area contributed by atoms with E-state index in [2.05, 4.69) is 6.58 Å². The lowest BCUT2D eigenvalue weighted by Gasteiger charge is -1.59. The van der Waals surface area contributed by atoms with Gasteiger partial charge in [0.25, 0.3) is 23.9 Å². The van der Waals surface area contributed by atoms with Crippen molar-refractivity contribution in [3.8, 4) is 0 Å². The molecule has 0 unspecified atom stereocenters. The molecule has 0 fully saturated rings. The van der Waals surface area contributed by atoms with E-state index in [1.54, 1.807) is 0 Å². The fourth-order valence-corrected chi connectivity index (χ4v) is 0. The quantitative estimate of drug-likeness (QED) is 0.409. The summed E-state index contributed by atoms with van der Waals surface area (Å²) in [7, 11) is 0. The molecule has 0 aromatic carbocycles. The lowest BCUT2D eigenvalue weighted by Crippen LogP contribution is -1.78. The van der Waals surface area contributed by atoms with Crippen LogP contribution in [0.5, 0.6) is 0 Å². The van der Waals surface area contributed by atoms with E-state index in [0.29, 0.717) is 0 Å². The van der Waals surface area contributed by atoms with Crippen molar-refractivity contribution >= 4 is 40.7 Å². The maximum atomic E-state index is 9.46. The smallest absolute Gasteiger partial charge is 0.300 e. The van der Waals surface area contributed by atoms with Crippen LogP contribution < -0.4 is 0 Å². The minimum absolute atomic E-state index is 0.509. The Labute approximate surface area is 126 Å². The average molecular weight is 331 g/mol. The Morgan fingerprint density at radius 2 is 0.762 bits per heavy atom. The summed E-state index contributed by atoms with van der Waals surface area (Å²) < 4.78 is 0. The van der Waals surface area contributed by atoms with E-state index in [9.17, 15) is 4.79 Å². The van der Waals surface area contributed by atoms with Crippen LogP contribution >= 0.6 is 11.6 Å². The number of carboxylic acid groups (broad SMARTS) is 4. The highest BCUT2D eigenvalue weighted by molar-refractivity contribution is 6.66. The van der Waals surface area contributed by atoms with Crippen LogP contribution in [0.4, 0.5) is 0 Å². The Morgan fingerprint density at radius 3 is 0.762 bits per heavy atom. The number of carbonyl (C=O) groups excluding carboxylic acids is 1. The van der Waals surface area contributed by atoms with Crippen LogP contribution in [0.25, 0.3) is 0 Å². The fraction of sp³-hybridized carbons (Fsp3) is 0.364. The second kappa shape index (κ2) is 26.2. The zero-order chi connectivity index (χ0) is 18.6. The molecule has 124 valence electrons. The lowest BCUT2D eigenvalue weighted by atomic mass is 10.7. The lowest BCUT2D eigenvalue weighted by molar-refractivity contribution is -0.135. The molecule has 0 aliphatic heterocycles. The molecule has 0 aromatic rings. The number of hydrogen-bond acceptors (Lipinski definition) is 5. The Kier molecular flexibility index (Phi) is 38.9. The zero-order valence-electron chi connectivity index (χ0n) is 12.0. The molecule has 0 spiro atoms. The van der Waals surface area contributed by atoms with Crippen LogP contribution in [0.1, 0.15) is 27.7 Å². The molecule has 0 radical (unpaired) electrons. The van der Waals surface area contributed by atoms with E-state index in [1.165, 1.54) is 0 Å². The summed E-state index contributed by atoms with van der Waals surface area (Å²) in [6, 6.07) is 0. The third-order valence-corrected chi connectivity index (χ3v) is 0.315. The molecule has 0 saturated carbocycles. The van der Waals surface area contributed by atoms with E-state index < -0.39 is 29.1 Å². The number of hydrogen-bond donors (Lipinski definition) is 4. The Morgan fingerprint density at radius 1 is 0.714 bits per heavy atom. The molecule has 4 N–H and O–H groups in total. The van der Waals surface area contributed by atoms with Gasteiger partial charge in [0.2, 0.25) is 5.24 Å². The van der Waals surface area contributed by atoms with Crippen molar-refractivity contribution in [1.29, 1.82) is 0 Å². The van der Waals surface area contributed by atoms with Gasteiger partial charge in [-0.05, 0) is 17.7 Å².